The fourth-order valence-electron chi connectivity index (χ4n) is 4.46. The molecule has 2 amide bonds. The number of hydrogen-bond acceptors (Lipinski definition) is 6. The first-order valence-corrected chi connectivity index (χ1v) is 14.5. The van der Waals surface area contributed by atoms with E-state index < -0.39 is 28.5 Å². The van der Waals surface area contributed by atoms with Crippen molar-refractivity contribution in [3.8, 4) is 11.5 Å². The third-order valence-corrected chi connectivity index (χ3v) is 8.41. The van der Waals surface area contributed by atoms with Crippen molar-refractivity contribution in [2.45, 2.75) is 51.2 Å². The van der Waals surface area contributed by atoms with Gasteiger partial charge in [-0.1, -0.05) is 42.1 Å². The molecule has 2 aromatic rings. The molecule has 1 atom stereocenters. The first kappa shape index (κ1) is 27.3. The van der Waals surface area contributed by atoms with Crippen molar-refractivity contribution in [1.29, 1.82) is 0 Å². The number of nitrogens with zero attached hydrogens (tertiary/aromatic N) is 2. The number of sulfonamides is 1. The summed E-state index contributed by atoms with van der Waals surface area (Å²) in [5.41, 5.74) is 0.898. The van der Waals surface area contributed by atoms with Gasteiger partial charge in [0, 0.05) is 18.7 Å². The molecule has 1 N–H and O–H groups in total. The molecule has 1 aliphatic heterocycles. The number of hydrogen-bond donors (Lipinski definition) is 1. The summed E-state index contributed by atoms with van der Waals surface area (Å²) in [4.78, 5) is 28.2. The Labute approximate surface area is 226 Å². The molecule has 37 heavy (non-hydrogen) atoms. The van der Waals surface area contributed by atoms with E-state index >= 15 is 0 Å². The van der Waals surface area contributed by atoms with Gasteiger partial charge in [0.05, 0.1) is 22.0 Å². The average molecular weight is 570 g/mol. The molecule has 1 heterocycles. The molecule has 0 unspecified atom stereocenters. The van der Waals surface area contributed by atoms with E-state index in [4.69, 9.17) is 32.7 Å². The zero-order chi connectivity index (χ0) is 26.7. The molecule has 200 valence electrons. The first-order chi connectivity index (χ1) is 17.5. The number of rotatable bonds is 9. The number of amides is 2. The molecule has 2 aliphatic rings. The summed E-state index contributed by atoms with van der Waals surface area (Å²) in [6.45, 7) is 1.18. The summed E-state index contributed by atoms with van der Waals surface area (Å²) in [5.74, 6) is 0.0232. The second kappa shape index (κ2) is 11.4. The number of benzene rings is 2. The van der Waals surface area contributed by atoms with Crippen LogP contribution in [0.3, 0.4) is 0 Å². The summed E-state index contributed by atoms with van der Waals surface area (Å²) in [6, 6.07) is 8.79. The Bertz CT molecular complexity index is 1280. The van der Waals surface area contributed by atoms with Gasteiger partial charge in [0.2, 0.25) is 28.6 Å². The minimum Gasteiger partial charge on any atom is -0.454 e. The maximum absolute atomic E-state index is 13.7. The molecule has 4 rings (SSSR count). The van der Waals surface area contributed by atoms with E-state index in [1.165, 1.54) is 11.0 Å². The summed E-state index contributed by atoms with van der Waals surface area (Å²) >= 11 is 12.2. The number of anilines is 1. The number of halogens is 2. The number of carbonyl (C=O) groups excluding carboxylic acids is 2. The molecule has 0 spiro atoms. The SMILES string of the molecule is C[C@H](C(=O)NC1CCCC1)N(Cc1ccc(Cl)c(Cl)c1)C(=O)CN(c1ccc2c(c1)OCO2)S(C)(=O)=O. The van der Waals surface area contributed by atoms with E-state index in [2.05, 4.69) is 5.32 Å². The van der Waals surface area contributed by atoms with Gasteiger partial charge >= 0.3 is 0 Å². The highest BCUT2D eigenvalue weighted by Gasteiger charge is 2.32. The van der Waals surface area contributed by atoms with Gasteiger partial charge in [0.15, 0.2) is 11.5 Å². The van der Waals surface area contributed by atoms with Crippen LogP contribution in [0, 0.1) is 0 Å². The summed E-state index contributed by atoms with van der Waals surface area (Å²) in [5, 5.41) is 3.70. The topological polar surface area (TPSA) is 105 Å². The zero-order valence-electron chi connectivity index (χ0n) is 20.6. The van der Waals surface area contributed by atoms with Crippen LogP contribution in [0.15, 0.2) is 36.4 Å². The Morgan fingerprint density at radius 2 is 1.76 bits per heavy atom. The molecule has 0 bridgehead atoms. The molecule has 0 aromatic heterocycles. The molecular formula is C25H29Cl2N3O6S. The maximum atomic E-state index is 13.7. The highest BCUT2D eigenvalue weighted by atomic mass is 35.5. The lowest BCUT2D eigenvalue weighted by Gasteiger charge is -2.32. The van der Waals surface area contributed by atoms with E-state index in [9.17, 15) is 18.0 Å². The zero-order valence-corrected chi connectivity index (χ0v) is 22.9. The molecular weight excluding hydrogens is 541 g/mol. The van der Waals surface area contributed by atoms with Gasteiger partial charge in [0.25, 0.3) is 0 Å². The van der Waals surface area contributed by atoms with Crippen LogP contribution in [0.1, 0.15) is 38.2 Å². The van der Waals surface area contributed by atoms with Crippen LogP contribution in [0.25, 0.3) is 0 Å². The van der Waals surface area contributed by atoms with Crippen LogP contribution < -0.4 is 19.1 Å². The van der Waals surface area contributed by atoms with Crippen molar-refractivity contribution in [3.63, 3.8) is 0 Å². The fraction of sp³-hybridized carbons (Fsp3) is 0.440. The second-order valence-corrected chi connectivity index (χ2v) is 12.0. The molecule has 1 aliphatic carbocycles. The second-order valence-electron chi connectivity index (χ2n) is 9.24. The summed E-state index contributed by atoms with van der Waals surface area (Å²) in [6.07, 6.45) is 4.90. The Morgan fingerprint density at radius 3 is 2.43 bits per heavy atom. The maximum Gasteiger partial charge on any atom is 0.244 e. The lowest BCUT2D eigenvalue weighted by molar-refractivity contribution is -0.139. The van der Waals surface area contributed by atoms with Gasteiger partial charge in [-0.3, -0.25) is 13.9 Å². The number of fused-ring (bicyclic) bond motifs is 1. The third kappa shape index (κ3) is 6.61. The van der Waals surface area contributed by atoms with Crippen LogP contribution in [0.2, 0.25) is 10.0 Å². The summed E-state index contributed by atoms with van der Waals surface area (Å²) < 4.78 is 37.1. The molecule has 1 saturated carbocycles. The predicted molar refractivity (Wildman–Crippen MR) is 142 cm³/mol. The van der Waals surface area contributed by atoms with Gasteiger partial charge in [-0.25, -0.2) is 8.42 Å². The molecule has 0 radical (unpaired) electrons. The van der Waals surface area contributed by atoms with E-state index in [-0.39, 0.29) is 31.0 Å². The standard InChI is InChI=1S/C25H29Cl2N3O6S/c1-16(25(32)28-18-5-3-4-6-18)29(13-17-7-9-20(26)21(27)11-17)24(31)14-30(37(2,33)34)19-8-10-22-23(12-19)36-15-35-22/h7-12,16,18H,3-6,13-15H2,1-2H3,(H,28,32)/t16-/m1/s1. The van der Waals surface area contributed by atoms with Crippen LogP contribution >= 0.6 is 23.2 Å². The molecule has 1 fully saturated rings. The Hall–Kier alpha value is -2.69. The largest absolute Gasteiger partial charge is 0.454 e. The number of nitrogens with one attached hydrogen (secondary N) is 1. The van der Waals surface area contributed by atoms with Crippen molar-refractivity contribution in [3.05, 3.63) is 52.0 Å². The van der Waals surface area contributed by atoms with Gasteiger partial charge in [-0.2, -0.15) is 0 Å². The van der Waals surface area contributed by atoms with Crippen molar-refractivity contribution < 1.29 is 27.5 Å². The highest BCUT2D eigenvalue weighted by Crippen LogP contribution is 2.36. The molecule has 12 heteroatoms. The fourth-order valence-corrected chi connectivity index (χ4v) is 5.63. The van der Waals surface area contributed by atoms with E-state index in [1.807, 2.05) is 0 Å². The monoisotopic (exact) mass is 569 g/mol. The van der Waals surface area contributed by atoms with E-state index in [0.717, 1.165) is 36.2 Å². The lowest BCUT2D eigenvalue weighted by Crippen LogP contribution is -2.52. The molecule has 2 aromatic carbocycles. The minimum atomic E-state index is -3.86. The molecule has 9 nitrogen and oxygen atoms in total. The van der Waals surface area contributed by atoms with Crippen LogP contribution in [0.5, 0.6) is 11.5 Å². The highest BCUT2D eigenvalue weighted by molar-refractivity contribution is 7.92. The smallest absolute Gasteiger partial charge is 0.244 e. The molecule has 0 saturated heterocycles. The van der Waals surface area contributed by atoms with E-state index in [1.54, 1.807) is 37.3 Å². The number of carbonyl (C=O) groups is 2. The quantitative estimate of drug-likeness (QED) is 0.490. The van der Waals surface area contributed by atoms with Crippen LogP contribution in [0.4, 0.5) is 5.69 Å². The first-order valence-electron chi connectivity index (χ1n) is 11.9. The van der Waals surface area contributed by atoms with Gasteiger partial charge in [-0.05, 0) is 49.6 Å². The average Bonchev–Trinajstić information content (AvgIpc) is 3.53. The van der Waals surface area contributed by atoms with E-state index in [0.29, 0.717) is 27.1 Å². The Kier molecular flexibility index (Phi) is 8.40. The van der Waals surface area contributed by atoms with Crippen molar-refractivity contribution in [2.75, 3.05) is 23.9 Å². The number of ether oxygens (including phenoxy) is 2. The minimum absolute atomic E-state index is 0.0294. The Balaban J connectivity index is 1.61. The Morgan fingerprint density at radius 1 is 1.05 bits per heavy atom. The van der Waals surface area contributed by atoms with Crippen molar-refractivity contribution >= 4 is 50.7 Å². The lowest BCUT2D eigenvalue weighted by atomic mass is 10.1. The van der Waals surface area contributed by atoms with Crippen molar-refractivity contribution in [1.82, 2.24) is 10.2 Å². The van der Waals surface area contributed by atoms with Gasteiger partial charge < -0.3 is 19.7 Å². The van der Waals surface area contributed by atoms with Crippen LogP contribution in [-0.2, 0) is 26.2 Å². The third-order valence-electron chi connectivity index (χ3n) is 6.53. The van der Waals surface area contributed by atoms with Crippen LogP contribution in [-0.4, -0.2) is 56.8 Å². The summed E-state index contributed by atoms with van der Waals surface area (Å²) in [7, 11) is -3.86. The normalized spacial score (nSPS) is 15.9. The van der Waals surface area contributed by atoms with Gasteiger partial charge in [0.1, 0.15) is 12.6 Å². The van der Waals surface area contributed by atoms with Gasteiger partial charge in [-0.15, -0.1) is 0 Å². The van der Waals surface area contributed by atoms with Crippen molar-refractivity contribution in [2.24, 2.45) is 0 Å². The predicted octanol–water partition coefficient (Wildman–Crippen LogP) is 3.96.